The first-order valence-electron chi connectivity index (χ1n) is 9.52. The van der Waals surface area contributed by atoms with Gasteiger partial charge in [0.05, 0.1) is 13.2 Å². The van der Waals surface area contributed by atoms with E-state index in [1.165, 1.54) is 24.3 Å². The second-order valence-electron chi connectivity index (χ2n) is 6.64. The summed E-state index contributed by atoms with van der Waals surface area (Å²) < 4.78 is 51.6. The maximum Gasteiger partial charge on any atom is 0.573 e. The standard InChI is InChI=1S/C21H16F3N5O3/c22-21(23,24)32-17-7-5-16(6-8-17)31-15-3-1-14(2-4-15)19-26-18(13-25)27-20(28-19)29-9-11-30-12-10-29/h1-8H,9-12H2. The van der Waals surface area contributed by atoms with Gasteiger partial charge in [0.2, 0.25) is 11.8 Å². The van der Waals surface area contributed by atoms with Crippen molar-refractivity contribution in [1.82, 2.24) is 15.0 Å². The molecule has 1 aliphatic heterocycles. The van der Waals surface area contributed by atoms with Crippen LogP contribution in [0.4, 0.5) is 19.1 Å². The monoisotopic (exact) mass is 443 g/mol. The van der Waals surface area contributed by atoms with Gasteiger partial charge in [-0.2, -0.15) is 20.2 Å². The smallest absolute Gasteiger partial charge is 0.457 e. The molecule has 8 nitrogen and oxygen atoms in total. The van der Waals surface area contributed by atoms with Gasteiger partial charge >= 0.3 is 6.36 Å². The van der Waals surface area contributed by atoms with E-state index in [2.05, 4.69) is 19.7 Å². The zero-order chi connectivity index (χ0) is 22.6. The Kier molecular flexibility index (Phi) is 6.04. The van der Waals surface area contributed by atoms with Crippen molar-refractivity contribution < 1.29 is 27.4 Å². The average molecular weight is 443 g/mol. The van der Waals surface area contributed by atoms with E-state index in [0.29, 0.717) is 55.1 Å². The summed E-state index contributed by atoms with van der Waals surface area (Å²) in [5, 5.41) is 9.28. The van der Waals surface area contributed by atoms with E-state index < -0.39 is 6.36 Å². The molecule has 0 aliphatic carbocycles. The topological polar surface area (TPSA) is 93.4 Å². The number of halogens is 3. The molecule has 3 aromatic rings. The molecule has 0 spiro atoms. The Balaban J connectivity index is 1.49. The van der Waals surface area contributed by atoms with Crippen LogP contribution in [0.5, 0.6) is 17.2 Å². The van der Waals surface area contributed by atoms with Crippen LogP contribution in [0.1, 0.15) is 5.82 Å². The zero-order valence-electron chi connectivity index (χ0n) is 16.5. The molecule has 0 N–H and O–H groups in total. The van der Waals surface area contributed by atoms with Gasteiger partial charge in [-0.25, -0.2) is 0 Å². The summed E-state index contributed by atoms with van der Waals surface area (Å²) in [5.74, 6) is 1.24. The highest BCUT2D eigenvalue weighted by Gasteiger charge is 2.31. The van der Waals surface area contributed by atoms with Crippen LogP contribution in [0.2, 0.25) is 0 Å². The van der Waals surface area contributed by atoms with Gasteiger partial charge in [0.1, 0.15) is 23.3 Å². The van der Waals surface area contributed by atoms with Crippen LogP contribution in [-0.4, -0.2) is 47.6 Å². The van der Waals surface area contributed by atoms with Crippen LogP contribution in [-0.2, 0) is 4.74 Å². The fraction of sp³-hybridized carbons (Fsp3) is 0.238. The molecule has 0 bridgehead atoms. The van der Waals surface area contributed by atoms with Gasteiger partial charge in [-0.3, -0.25) is 0 Å². The lowest BCUT2D eigenvalue weighted by Gasteiger charge is -2.26. The minimum absolute atomic E-state index is 0.0120. The lowest BCUT2D eigenvalue weighted by atomic mass is 10.2. The number of ether oxygens (including phenoxy) is 3. The van der Waals surface area contributed by atoms with E-state index >= 15 is 0 Å². The number of benzene rings is 2. The Labute approximate surface area is 180 Å². The van der Waals surface area contributed by atoms with Crippen LogP contribution in [0.15, 0.2) is 48.5 Å². The highest BCUT2D eigenvalue weighted by Crippen LogP contribution is 2.28. The molecule has 1 saturated heterocycles. The lowest BCUT2D eigenvalue weighted by Crippen LogP contribution is -2.37. The van der Waals surface area contributed by atoms with Crippen LogP contribution in [0.3, 0.4) is 0 Å². The fourth-order valence-electron chi connectivity index (χ4n) is 2.97. The highest BCUT2D eigenvalue weighted by molar-refractivity contribution is 5.58. The minimum atomic E-state index is -4.75. The second-order valence-corrected chi connectivity index (χ2v) is 6.64. The van der Waals surface area contributed by atoms with Gasteiger partial charge in [0, 0.05) is 18.7 Å². The molecule has 0 atom stereocenters. The van der Waals surface area contributed by atoms with E-state index in [9.17, 15) is 18.4 Å². The summed E-state index contributed by atoms with van der Waals surface area (Å²) in [6.45, 7) is 2.35. The summed E-state index contributed by atoms with van der Waals surface area (Å²) >= 11 is 0. The van der Waals surface area contributed by atoms with E-state index in [1.807, 2.05) is 11.0 Å². The molecule has 1 aliphatic rings. The Morgan fingerprint density at radius 1 is 0.875 bits per heavy atom. The molecule has 11 heteroatoms. The molecule has 0 amide bonds. The first-order valence-corrected chi connectivity index (χ1v) is 9.52. The summed E-state index contributed by atoms with van der Waals surface area (Å²) in [5.41, 5.74) is 0.652. The Bertz CT molecular complexity index is 1110. The molecule has 2 aromatic carbocycles. The van der Waals surface area contributed by atoms with Crippen molar-refractivity contribution in [3.05, 3.63) is 54.4 Å². The largest absolute Gasteiger partial charge is 0.573 e. The number of nitriles is 1. The predicted molar refractivity (Wildman–Crippen MR) is 106 cm³/mol. The molecular weight excluding hydrogens is 427 g/mol. The SMILES string of the molecule is N#Cc1nc(-c2ccc(Oc3ccc(OC(F)(F)F)cc3)cc2)nc(N2CCOCC2)n1. The predicted octanol–water partition coefficient (Wildman–Crippen LogP) is 3.94. The van der Waals surface area contributed by atoms with E-state index in [0.717, 1.165) is 0 Å². The molecular formula is C21H16F3N5O3. The molecule has 0 unspecified atom stereocenters. The second kappa shape index (κ2) is 9.07. The summed E-state index contributed by atoms with van der Waals surface area (Å²) in [6.07, 6.45) is -4.75. The number of anilines is 1. The van der Waals surface area contributed by atoms with E-state index in [1.54, 1.807) is 24.3 Å². The van der Waals surface area contributed by atoms with Crippen LogP contribution in [0, 0.1) is 11.3 Å². The maximum atomic E-state index is 12.3. The molecule has 1 aromatic heterocycles. The van der Waals surface area contributed by atoms with Gasteiger partial charge in [0.25, 0.3) is 0 Å². The Morgan fingerprint density at radius 3 is 2.06 bits per heavy atom. The third kappa shape index (κ3) is 5.41. The van der Waals surface area contributed by atoms with Crippen molar-refractivity contribution >= 4 is 5.95 Å². The van der Waals surface area contributed by atoms with E-state index in [-0.39, 0.29) is 11.6 Å². The van der Waals surface area contributed by atoms with Crippen molar-refractivity contribution in [1.29, 1.82) is 5.26 Å². The van der Waals surface area contributed by atoms with Crippen molar-refractivity contribution in [3.63, 3.8) is 0 Å². The van der Waals surface area contributed by atoms with Crippen molar-refractivity contribution in [3.8, 4) is 34.7 Å². The Morgan fingerprint density at radius 2 is 1.47 bits per heavy atom. The van der Waals surface area contributed by atoms with E-state index in [4.69, 9.17) is 9.47 Å². The van der Waals surface area contributed by atoms with Gasteiger partial charge in [-0.1, -0.05) is 0 Å². The lowest BCUT2D eigenvalue weighted by molar-refractivity contribution is -0.274. The van der Waals surface area contributed by atoms with Gasteiger partial charge in [0.15, 0.2) is 5.82 Å². The average Bonchev–Trinajstić information content (AvgIpc) is 2.80. The quantitative estimate of drug-likeness (QED) is 0.586. The van der Waals surface area contributed by atoms with Crippen molar-refractivity contribution in [2.75, 3.05) is 31.2 Å². The first kappa shape index (κ1) is 21.3. The maximum absolute atomic E-state index is 12.3. The highest BCUT2D eigenvalue weighted by atomic mass is 19.4. The van der Waals surface area contributed by atoms with Gasteiger partial charge < -0.3 is 19.1 Å². The molecule has 1 fully saturated rings. The third-order valence-electron chi connectivity index (χ3n) is 4.42. The number of hydrogen-bond donors (Lipinski definition) is 0. The van der Waals surface area contributed by atoms with Crippen molar-refractivity contribution in [2.45, 2.75) is 6.36 Å². The summed E-state index contributed by atoms with van der Waals surface area (Å²) in [7, 11) is 0. The number of alkyl halides is 3. The number of hydrogen-bond acceptors (Lipinski definition) is 8. The van der Waals surface area contributed by atoms with Gasteiger partial charge in [-0.15, -0.1) is 13.2 Å². The molecule has 4 rings (SSSR count). The number of rotatable bonds is 5. The number of aromatic nitrogens is 3. The van der Waals surface area contributed by atoms with Crippen LogP contribution < -0.4 is 14.4 Å². The Hall–Kier alpha value is -3.91. The van der Waals surface area contributed by atoms with Gasteiger partial charge in [-0.05, 0) is 48.5 Å². The van der Waals surface area contributed by atoms with Crippen molar-refractivity contribution in [2.24, 2.45) is 0 Å². The molecule has 2 heterocycles. The molecule has 0 saturated carbocycles. The third-order valence-corrected chi connectivity index (χ3v) is 4.42. The fourth-order valence-corrected chi connectivity index (χ4v) is 2.97. The zero-order valence-corrected chi connectivity index (χ0v) is 16.5. The summed E-state index contributed by atoms with van der Waals surface area (Å²) in [6, 6.07) is 13.8. The van der Waals surface area contributed by atoms with Crippen LogP contribution in [0.25, 0.3) is 11.4 Å². The first-order chi connectivity index (χ1) is 15.4. The minimum Gasteiger partial charge on any atom is -0.457 e. The molecule has 164 valence electrons. The molecule has 32 heavy (non-hydrogen) atoms. The molecule has 0 radical (unpaired) electrons. The number of morpholine rings is 1. The van der Waals surface area contributed by atoms with Crippen LogP contribution >= 0.6 is 0 Å². The summed E-state index contributed by atoms with van der Waals surface area (Å²) in [4.78, 5) is 14.8. The normalized spacial score (nSPS) is 14.0. The number of nitrogens with zero attached hydrogens (tertiary/aromatic N) is 5.